The van der Waals surface area contributed by atoms with Gasteiger partial charge in [-0.15, -0.1) is 11.8 Å². The average molecular weight is 419 g/mol. The van der Waals surface area contributed by atoms with Gasteiger partial charge in [-0.2, -0.15) is 15.0 Å². The van der Waals surface area contributed by atoms with E-state index in [-0.39, 0.29) is 29.4 Å². The summed E-state index contributed by atoms with van der Waals surface area (Å²) in [7, 11) is 0. The third-order valence-corrected chi connectivity index (χ3v) is 4.57. The molecule has 2 aromatic carbocycles. The molecular formula is C18H16ClFN6OS. The number of thioether (sulfide) groups is 1. The molecule has 0 radical (unpaired) electrons. The number of hydrogen-bond donors (Lipinski definition) is 3. The quantitative estimate of drug-likeness (QED) is 0.534. The van der Waals surface area contributed by atoms with Crippen molar-refractivity contribution in [3.05, 3.63) is 65.2 Å². The lowest BCUT2D eigenvalue weighted by Crippen LogP contribution is -2.14. The summed E-state index contributed by atoms with van der Waals surface area (Å²) in [4.78, 5) is 24.3. The SMILES string of the molecule is Nc1nc(CSCC(=O)Nc2ccc(Cl)cc2)nc(Nc2ccc(F)cc2)n1. The fraction of sp³-hybridized carbons (Fsp3) is 0.111. The molecule has 0 spiro atoms. The van der Waals surface area contributed by atoms with Crippen molar-refractivity contribution in [2.75, 3.05) is 22.1 Å². The van der Waals surface area contributed by atoms with Crippen molar-refractivity contribution < 1.29 is 9.18 Å². The first-order valence-electron chi connectivity index (χ1n) is 8.14. The molecule has 28 heavy (non-hydrogen) atoms. The van der Waals surface area contributed by atoms with Crippen LogP contribution < -0.4 is 16.4 Å². The van der Waals surface area contributed by atoms with E-state index < -0.39 is 0 Å². The van der Waals surface area contributed by atoms with E-state index in [1.807, 2.05) is 0 Å². The van der Waals surface area contributed by atoms with Gasteiger partial charge in [0.05, 0.1) is 11.5 Å². The van der Waals surface area contributed by atoms with Crippen LogP contribution in [0.5, 0.6) is 0 Å². The molecule has 7 nitrogen and oxygen atoms in total. The number of nitrogens with one attached hydrogen (secondary N) is 2. The number of carbonyl (C=O) groups is 1. The van der Waals surface area contributed by atoms with Gasteiger partial charge in [0.25, 0.3) is 0 Å². The van der Waals surface area contributed by atoms with E-state index in [0.717, 1.165) is 0 Å². The van der Waals surface area contributed by atoms with Crippen molar-refractivity contribution in [1.82, 2.24) is 15.0 Å². The number of rotatable bonds is 7. The molecule has 3 aromatic rings. The Bertz CT molecular complexity index is 955. The van der Waals surface area contributed by atoms with Gasteiger partial charge in [0.15, 0.2) is 0 Å². The van der Waals surface area contributed by atoms with Gasteiger partial charge in [0.1, 0.15) is 11.6 Å². The van der Waals surface area contributed by atoms with Crippen LogP contribution in [0.25, 0.3) is 0 Å². The highest BCUT2D eigenvalue weighted by molar-refractivity contribution is 7.99. The van der Waals surface area contributed by atoms with Crippen LogP contribution in [-0.2, 0) is 10.5 Å². The summed E-state index contributed by atoms with van der Waals surface area (Å²) in [6.07, 6.45) is 0. The Morgan fingerprint density at radius 3 is 2.43 bits per heavy atom. The Balaban J connectivity index is 1.53. The lowest BCUT2D eigenvalue weighted by molar-refractivity contribution is -0.113. The van der Waals surface area contributed by atoms with Gasteiger partial charge in [0, 0.05) is 16.4 Å². The number of halogens is 2. The fourth-order valence-corrected chi connectivity index (χ4v) is 2.98. The monoisotopic (exact) mass is 418 g/mol. The van der Waals surface area contributed by atoms with Crippen LogP contribution in [-0.4, -0.2) is 26.6 Å². The third kappa shape index (κ3) is 6.07. The first-order chi connectivity index (χ1) is 13.5. The first-order valence-corrected chi connectivity index (χ1v) is 9.67. The number of nitrogen functional groups attached to an aromatic ring is 1. The highest BCUT2D eigenvalue weighted by Crippen LogP contribution is 2.17. The highest BCUT2D eigenvalue weighted by Gasteiger charge is 2.08. The predicted octanol–water partition coefficient (Wildman–Crippen LogP) is 3.86. The molecule has 4 N–H and O–H groups in total. The highest BCUT2D eigenvalue weighted by atomic mass is 35.5. The van der Waals surface area contributed by atoms with Crippen molar-refractivity contribution in [3.8, 4) is 0 Å². The van der Waals surface area contributed by atoms with Crippen LogP contribution >= 0.6 is 23.4 Å². The topological polar surface area (TPSA) is 106 Å². The zero-order valence-electron chi connectivity index (χ0n) is 14.5. The number of nitrogens with two attached hydrogens (primary N) is 1. The minimum absolute atomic E-state index is 0.0563. The lowest BCUT2D eigenvalue weighted by Gasteiger charge is -2.08. The van der Waals surface area contributed by atoms with E-state index in [4.69, 9.17) is 17.3 Å². The summed E-state index contributed by atoms with van der Waals surface area (Å²) in [6.45, 7) is 0. The molecule has 0 aliphatic carbocycles. The molecule has 0 aliphatic rings. The maximum absolute atomic E-state index is 13.0. The number of amides is 1. The van der Waals surface area contributed by atoms with E-state index in [0.29, 0.717) is 28.0 Å². The van der Waals surface area contributed by atoms with Gasteiger partial charge >= 0.3 is 0 Å². The predicted molar refractivity (Wildman–Crippen MR) is 110 cm³/mol. The first kappa shape index (κ1) is 19.8. The second kappa shape index (κ2) is 9.34. The van der Waals surface area contributed by atoms with Crippen molar-refractivity contribution in [3.63, 3.8) is 0 Å². The number of benzene rings is 2. The zero-order valence-corrected chi connectivity index (χ0v) is 16.1. The van der Waals surface area contributed by atoms with Gasteiger partial charge in [0.2, 0.25) is 17.8 Å². The number of nitrogens with zero attached hydrogens (tertiary/aromatic N) is 3. The molecule has 0 unspecified atom stereocenters. The minimum atomic E-state index is -0.338. The molecule has 0 fully saturated rings. The summed E-state index contributed by atoms with van der Waals surface area (Å²) >= 11 is 7.15. The maximum atomic E-state index is 13.0. The summed E-state index contributed by atoms with van der Waals surface area (Å²) in [5.41, 5.74) is 7.01. The molecule has 0 atom stereocenters. The van der Waals surface area contributed by atoms with E-state index in [9.17, 15) is 9.18 Å². The van der Waals surface area contributed by atoms with Gasteiger partial charge in [-0.1, -0.05) is 11.6 Å². The summed E-state index contributed by atoms with van der Waals surface area (Å²) in [6, 6.07) is 12.6. The Morgan fingerprint density at radius 2 is 1.71 bits per heavy atom. The number of carbonyl (C=O) groups excluding carboxylic acids is 1. The average Bonchev–Trinajstić information content (AvgIpc) is 2.65. The molecule has 0 saturated heterocycles. The van der Waals surface area contributed by atoms with Crippen LogP contribution in [0.2, 0.25) is 5.02 Å². The molecule has 1 amide bonds. The maximum Gasteiger partial charge on any atom is 0.234 e. The minimum Gasteiger partial charge on any atom is -0.368 e. The standard InChI is InChI=1S/C18H16ClFN6OS/c19-11-1-5-13(6-2-11)22-16(27)10-28-9-15-24-17(21)26-18(25-15)23-14-7-3-12(20)4-8-14/h1-8H,9-10H2,(H,22,27)(H3,21,23,24,25,26). The smallest absolute Gasteiger partial charge is 0.234 e. The molecule has 0 aliphatic heterocycles. The Hall–Kier alpha value is -2.91. The molecule has 1 aromatic heterocycles. The molecule has 10 heteroatoms. The third-order valence-electron chi connectivity index (χ3n) is 3.39. The molecule has 3 rings (SSSR count). The Labute approximate surface area is 169 Å². The molecule has 0 saturated carbocycles. The van der Waals surface area contributed by atoms with Crippen LogP contribution in [0.4, 0.5) is 27.7 Å². The fourth-order valence-electron chi connectivity index (χ4n) is 2.19. The van der Waals surface area contributed by atoms with E-state index in [2.05, 4.69) is 25.6 Å². The van der Waals surface area contributed by atoms with Gasteiger partial charge < -0.3 is 16.4 Å². The number of anilines is 4. The van der Waals surface area contributed by atoms with Crippen LogP contribution in [0.1, 0.15) is 5.82 Å². The van der Waals surface area contributed by atoms with Crippen molar-refractivity contribution in [2.24, 2.45) is 0 Å². The number of hydrogen-bond acceptors (Lipinski definition) is 7. The largest absolute Gasteiger partial charge is 0.368 e. The van der Waals surface area contributed by atoms with Crippen molar-refractivity contribution >= 4 is 52.5 Å². The van der Waals surface area contributed by atoms with Crippen LogP contribution in [0, 0.1) is 5.82 Å². The Kier molecular flexibility index (Phi) is 6.62. The van der Waals surface area contributed by atoms with Crippen LogP contribution in [0.15, 0.2) is 48.5 Å². The second-order valence-corrected chi connectivity index (χ2v) is 7.04. The molecule has 1 heterocycles. The normalized spacial score (nSPS) is 10.5. The van der Waals surface area contributed by atoms with Crippen LogP contribution in [0.3, 0.4) is 0 Å². The number of aromatic nitrogens is 3. The zero-order chi connectivity index (χ0) is 19.9. The second-order valence-electron chi connectivity index (χ2n) is 5.61. The van der Waals surface area contributed by atoms with Crippen molar-refractivity contribution in [1.29, 1.82) is 0 Å². The van der Waals surface area contributed by atoms with Gasteiger partial charge in [-0.3, -0.25) is 4.79 Å². The Morgan fingerprint density at radius 1 is 1.04 bits per heavy atom. The van der Waals surface area contributed by atoms with E-state index in [1.165, 1.54) is 23.9 Å². The summed E-state index contributed by atoms with van der Waals surface area (Å²) in [5, 5.41) is 6.32. The van der Waals surface area contributed by atoms with Crippen molar-refractivity contribution in [2.45, 2.75) is 5.75 Å². The summed E-state index contributed by atoms with van der Waals surface area (Å²) < 4.78 is 13.0. The van der Waals surface area contributed by atoms with E-state index in [1.54, 1.807) is 36.4 Å². The molecule has 144 valence electrons. The van der Waals surface area contributed by atoms with Gasteiger partial charge in [-0.25, -0.2) is 4.39 Å². The molecule has 0 bridgehead atoms. The summed E-state index contributed by atoms with van der Waals surface area (Å²) in [5.74, 6) is 0.838. The lowest BCUT2D eigenvalue weighted by atomic mass is 10.3. The van der Waals surface area contributed by atoms with Gasteiger partial charge in [-0.05, 0) is 48.5 Å². The van der Waals surface area contributed by atoms with E-state index >= 15 is 0 Å². The molecular weight excluding hydrogens is 403 g/mol.